The van der Waals surface area contributed by atoms with E-state index in [1.807, 2.05) is 0 Å². The normalized spacial score (nSPS) is 13.7. The molecule has 1 unspecified atom stereocenters. The van der Waals surface area contributed by atoms with Gasteiger partial charge in [-0.3, -0.25) is 0 Å². The van der Waals surface area contributed by atoms with Crippen molar-refractivity contribution in [2.75, 3.05) is 19.5 Å². The summed E-state index contributed by atoms with van der Waals surface area (Å²) in [5.74, 6) is 0.764. The molecule has 112 valence electrons. The predicted molar refractivity (Wildman–Crippen MR) is 89.1 cm³/mol. The van der Waals surface area contributed by atoms with Gasteiger partial charge in [0.15, 0.2) is 0 Å². The SMILES string of the molecule is CC(C)=CCCC(C)=CCCC(C)N(C)CCCCl. The lowest BCUT2D eigenvalue weighted by molar-refractivity contribution is 0.248. The van der Waals surface area contributed by atoms with Crippen LogP contribution in [0.5, 0.6) is 0 Å². The van der Waals surface area contributed by atoms with Gasteiger partial charge in [-0.1, -0.05) is 23.3 Å². The Morgan fingerprint density at radius 2 is 1.84 bits per heavy atom. The Morgan fingerprint density at radius 1 is 1.16 bits per heavy atom. The lowest BCUT2D eigenvalue weighted by Gasteiger charge is -2.23. The Kier molecular flexibility index (Phi) is 11.4. The molecular formula is C17H32ClN. The number of allylic oxidation sites excluding steroid dienone is 4. The maximum Gasteiger partial charge on any atom is 0.0235 e. The first-order chi connectivity index (χ1) is 8.97. The Hall–Kier alpha value is -0.270. The Balaban J connectivity index is 3.83. The maximum absolute atomic E-state index is 5.73. The summed E-state index contributed by atoms with van der Waals surface area (Å²) in [6.07, 6.45) is 10.6. The summed E-state index contributed by atoms with van der Waals surface area (Å²) in [5, 5.41) is 0. The molecule has 1 nitrogen and oxygen atoms in total. The van der Waals surface area contributed by atoms with Crippen LogP contribution in [-0.2, 0) is 0 Å². The average Bonchev–Trinajstić information content (AvgIpc) is 2.35. The van der Waals surface area contributed by atoms with Crippen LogP contribution in [0.1, 0.15) is 59.8 Å². The van der Waals surface area contributed by atoms with Gasteiger partial charge in [-0.25, -0.2) is 0 Å². The van der Waals surface area contributed by atoms with Gasteiger partial charge in [-0.2, -0.15) is 0 Å². The van der Waals surface area contributed by atoms with E-state index >= 15 is 0 Å². The molecule has 1 atom stereocenters. The van der Waals surface area contributed by atoms with Crippen LogP contribution in [0.2, 0.25) is 0 Å². The van der Waals surface area contributed by atoms with Gasteiger partial charge < -0.3 is 4.90 Å². The molecule has 0 aliphatic carbocycles. The van der Waals surface area contributed by atoms with Crippen molar-refractivity contribution in [1.82, 2.24) is 4.90 Å². The molecule has 0 saturated heterocycles. The van der Waals surface area contributed by atoms with Gasteiger partial charge in [0.2, 0.25) is 0 Å². The first-order valence-electron chi connectivity index (χ1n) is 7.52. The molecular weight excluding hydrogens is 254 g/mol. The Labute approximate surface area is 125 Å². The molecule has 0 fully saturated rings. The molecule has 0 amide bonds. The van der Waals surface area contributed by atoms with Crippen molar-refractivity contribution in [1.29, 1.82) is 0 Å². The van der Waals surface area contributed by atoms with Gasteiger partial charge in [-0.15, -0.1) is 11.6 Å². The lowest BCUT2D eigenvalue weighted by atomic mass is 10.1. The fourth-order valence-electron chi connectivity index (χ4n) is 2.01. The van der Waals surface area contributed by atoms with Crippen LogP contribution in [0, 0.1) is 0 Å². The van der Waals surface area contributed by atoms with Crippen molar-refractivity contribution in [2.45, 2.75) is 65.8 Å². The molecule has 0 bridgehead atoms. The zero-order chi connectivity index (χ0) is 14.7. The maximum atomic E-state index is 5.73. The first kappa shape index (κ1) is 18.7. The van der Waals surface area contributed by atoms with E-state index in [0.717, 1.165) is 18.8 Å². The third-order valence-corrected chi connectivity index (χ3v) is 3.83. The summed E-state index contributed by atoms with van der Waals surface area (Å²) >= 11 is 5.73. The second-order valence-corrected chi connectivity index (χ2v) is 6.20. The summed E-state index contributed by atoms with van der Waals surface area (Å²) in [6.45, 7) is 9.99. The largest absolute Gasteiger partial charge is 0.304 e. The van der Waals surface area contributed by atoms with Crippen LogP contribution < -0.4 is 0 Å². The molecule has 0 aromatic carbocycles. The number of rotatable bonds is 10. The van der Waals surface area contributed by atoms with Crippen molar-refractivity contribution in [3.63, 3.8) is 0 Å². The van der Waals surface area contributed by atoms with E-state index in [4.69, 9.17) is 11.6 Å². The summed E-state index contributed by atoms with van der Waals surface area (Å²) in [5.41, 5.74) is 2.94. The third-order valence-electron chi connectivity index (χ3n) is 3.57. The standard InChI is InChI=1S/C17H32ClN/c1-15(2)9-6-10-16(3)11-7-12-17(4)19(5)14-8-13-18/h9,11,17H,6-8,10,12-14H2,1-5H3. The molecule has 2 heteroatoms. The molecule has 0 aromatic heterocycles. The monoisotopic (exact) mass is 285 g/mol. The first-order valence-corrected chi connectivity index (χ1v) is 8.06. The van der Waals surface area contributed by atoms with Crippen LogP contribution in [0.25, 0.3) is 0 Å². The minimum atomic E-state index is 0.644. The predicted octanol–water partition coefficient (Wildman–Crippen LogP) is 5.41. The summed E-state index contributed by atoms with van der Waals surface area (Å²) in [7, 11) is 2.20. The number of hydrogen-bond donors (Lipinski definition) is 0. The van der Waals surface area contributed by atoms with Gasteiger partial charge >= 0.3 is 0 Å². The van der Waals surface area contributed by atoms with Gasteiger partial charge in [0.05, 0.1) is 0 Å². The number of halogens is 1. The molecule has 0 radical (unpaired) electrons. The average molecular weight is 286 g/mol. The minimum absolute atomic E-state index is 0.644. The highest BCUT2D eigenvalue weighted by molar-refractivity contribution is 6.17. The van der Waals surface area contributed by atoms with Gasteiger partial charge in [-0.05, 0) is 73.4 Å². The second kappa shape index (κ2) is 11.5. The molecule has 0 aromatic rings. The lowest BCUT2D eigenvalue weighted by Crippen LogP contribution is -2.30. The van der Waals surface area contributed by atoms with Gasteiger partial charge in [0.1, 0.15) is 0 Å². The van der Waals surface area contributed by atoms with Crippen LogP contribution >= 0.6 is 11.6 Å². The van der Waals surface area contributed by atoms with E-state index in [2.05, 4.69) is 51.8 Å². The topological polar surface area (TPSA) is 3.24 Å². The summed E-state index contributed by atoms with van der Waals surface area (Å²) < 4.78 is 0. The van der Waals surface area contributed by atoms with Crippen LogP contribution in [0.4, 0.5) is 0 Å². The highest BCUT2D eigenvalue weighted by atomic mass is 35.5. The molecule has 0 spiro atoms. The summed E-state index contributed by atoms with van der Waals surface area (Å²) in [6, 6.07) is 0.644. The van der Waals surface area contributed by atoms with E-state index in [1.165, 1.54) is 36.8 Å². The number of hydrogen-bond acceptors (Lipinski definition) is 1. The van der Waals surface area contributed by atoms with E-state index in [0.29, 0.717) is 6.04 Å². The van der Waals surface area contributed by atoms with Crippen molar-refractivity contribution >= 4 is 11.6 Å². The van der Waals surface area contributed by atoms with E-state index in [9.17, 15) is 0 Å². The Bertz CT molecular complexity index is 277. The highest BCUT2D eigenvalue weighted by Gasteiger charge is 2.07. The summed E-state index contributed by atoms with van der Waals surface area (Å²) in [4.78, 5) is 2.41. The number of alkyl halides is 1. The molecule has 0 aliphatic rings. The fraction of sp³-hybridized carbons (Fsp3) is 0.765. The van der Waals surface area contributed by atoms with E-state index in [1.54, 1.807) is 0 Å². The van der Waals surface area contributed by atoms with Gasteiger partial charge in [0.25, 0.3) is 0 Å². The van der Waals surface area contributed by atoms with Crippen LogP contribution in [0.3, 0.4) is 0 Å². The van der Waals surface area contributed by atoms with Crippen LogP contribution in [-0.4, -0.2) is 30.4 Å². The molecule has 0 aliphatic heterocycles. The van der Waals surface area contributed by atoms with E-state index < -0.39 is 0 Å². The molecule has 0 heterocycles. The highest BCUT2D eigenvalue weighted by Crippen LogP contribution is 2.11. The molecule has 0 rings (SSSR count). The molecule has 0 saturated carbocycles. The molecule has 19 heavy (non-hydrogen) atoms. The second-order valence-electron chi connectivity index (χ2n) is 5.82. The minimum Gasteiger partial charge on any atom is -0.304 e. The smallest absolute Gasteiger partial charge is 0.0235 e. The fourth-order valence-corrected chi connectivity index (χ4v) is 2.13. The number of nitrogens with zero attached hydrogens (tertiary/aromatic N) is 1. The Morgan fingerprint density at radius 3 is 2.42 bits per heavy atom. The van der Waals surface area contributed by atoms with Crippen molar-refractivity contribution in [3.8, 4) is 0 Å². The van der Waals surface area contributed by atoms with E-state index in [-0.39, 0.29) is 0 Å². The third kappa shape index (κ3) is 11.3. The van der Waals surface area contributed by atoms with Crippen molar-refractivity contribution in [3.05, 3.63) is 23.3 Å². The zero-order valence-electron chi connectivity index (χ0n) is 13.5. The molecule has 0 N–H and O–H groups in total. The van der Waals surface area contributed by atoms with Crippen LogP contribution in [0.15, 0.2) is 23.3 Å². The van der Waals surface area contributed by atoms with Gasteiger partial charge in [0, 0.05) is 11.9 Å². The van der Waals surface area contributed by atoms with Crippen molar-refractivity contribution < 1.29 is 0 Å². The van der Waals surface area contributed by atoms with Crippen molar-refractivity contribution in [2.24, 2.45) is 0 Å². The quantitative estimate of drug-likeness (QED) is 0.383. The zero-order valence-corrected chi connectivity index (χ0v) is 14.3.